The maximum absolute atomic E-state index is 5.48. The summed E-state index contributed by atoms with van der Waals surface area (Å²) in [7, 11) is 0. The fourth-order valence-corrected chi connectivity index (χ4v) is 1.41. The Balaban J connectivity index is 2.20. The van der Waals surface area contributed by atoms with Crippen LogP contribution in [0.5, 0.6) is 0 Å². The van der Waals surface area contributed by atoms with Crippen LogP contribution in [0.1, 0.15) is 19.8 Å². The van der Waals surface area contributed by atoms with Gasteiger partial charge >= 0.3 is 0 Å². The van der Waals surface area contributed by atoms with Crippen molar-refractivity contribution < 1.29 is 0 Å². The van der Waals surface area contributed by atoms with Crippen LogP contribution in [-0.4, -0.2) is 24.7 Å². The lowest BCUT2D eigenvalue weighted by Gasteiger charge is -2.10. The lowest BCUT2D eigenvalue weighted by Crippen LogP contribution is -2.27. The number of hydrogen-bond donors (Lipinski definition) is 1. The molecule has 1 aliphatic rings. The molecule has 0 radical (unpaired) electrons. The molecule has 0 amide bonds. The maximum atomic E-state index is 5.48. The maximum Gasteiger partial charge on any atom is 0.0455 e. The average Bonchev–Trinajstić information content (AvgIpc) is 2.34. The standard InChI is InChI=1S/C7H16N2/c1-2-7-3-4-9(5-7)6-8/h7H,2-6,8H2,1H3. The van der Waals surface area contributed by atoms with Gasteiger partial charge in [-0.25, -0.2) is 0 Å². The number of likely N-dealkylation sites (tertiary alicyclic amines) is 1. The zero-order valence-corrected chi connectivity index (χ0v) is 6.14. The lowest BCUT2D eigenvalue weighted by atomic mass is 10.1. The monoisotopic (exact) mass is 128 g/mol. The van der Waals surface area contributed by atoms with Crippen LogP contribution in [0.4, 0.5) is 0 Å². The van der Waals surface area contributed by atoms with Crippen LogP contribution >= 0.6 is 0 Å². The molecule has 0 aromatic carbocycles. The van der Waals surface area contributed by atoms with Crippen LogP contribution in [0.25, 0.3) is 0 Å². The number of hydrogen-bond acceptors (Lipinski definition) is 2. The molecule has 0 spiro atoms. The van der Waals surface area contributed by atoms with Gasteiger partial charge in [-0.15, -0.1) is 0 Å². The largest absolute Gasteiger partial charge is 0.318 e. The van der Waals surface area contributed by atoms with E-state index in [9.17, 15) is 0 Å². The summed E-state index contributed by atoms with van der Waals surface area (Å²) in [5.41, 5.74) is 5.48. The van der Waals surface area contributed by atoms with E-state index in [1.54, 1.807) is 0 Å². The zero-order chi connectivity index (χ0) is 6.69. The first-order chi connectivity index (χ1) is 4.36. The third-order valence-corrected chi connectivity index (χ3v) is 2.21. The summed E-state index contributed by atoms with van der Waals surface area (Å²) in [6.45, 7) is 5.45. The van der Waals surface area contributed by atoms with Gasteiger partial charge in [0.2, 0.25) is 0 Å². The van der Waals surface area contributed by atoms with Crippen LogP contribution in [0.2, 0.25) is 0 Å². The van der Waals surface area contributed by atoms with Crippen molar-refractivity contribution in [1.82, 2.24) is 4.90 Å². The fourth-order valence-electron chi connectivity index (χ4n) is 1.41. The van der Waals surface area contributed by atoms with Crippen LogP contribution < -0.4 is 5.73 Å². The summed E-state index contributed by atoms with van der Waals surface area (Å²) in [5.74, 6) is 0.925. The molecule has 2 nitrogen and oxygen atoms in total. The van der Waals surface area contributed by atoms with E-state index in [0.717, 1.165) is 12.6 Å². The molecule has 0 aromatic rings. The van der Waals surface area contributed by atoms with E-state index in [4.69, 9.17) is 5.73 Å². The first kappa shape index (κ1) is 7.03. The molecule has 1 heterocycles. The Hall–Kier alpha value is -0.0800. The highest BCUT2D eigenvalue weighted by atomic mass is 15.2. The van der Waals surface area contributed by atoms with Crippen molar-refractivity contribution in [1.29, 1.82) is 0 Å². The molecule has 0 saturated carbocycles. The highest BCUT2D eigenvalue weighted by molar-refractivity contribution is 4.72. The Kier molecular flexibility index (Phi) is 2.49. The van der Waals surface area contributed by atoms with E-state index in [2.05, 4.69) is 11.8 Å². The van der Waals surface area contributed by atoms with Gasteiger partial charge in [0.1, 0.15) is 0 Å². The van der Waals surface area contributed by atoms with Gasteiger partial charge in [-0.05, 0) is 18.9 Å². The Bertz CT molecular complexity index is 73.0. The number of rotatable bonds is 2. The minimum atomic E-state index is 0.747. The molecule has 1 fully saturated rings. The molecule has 0 aromatic heterocycles. The Labute approximate surface area is 57.0 Å². The molecule has 0 bridgehead atoms. The van der Waals surface area contributed by atoms with Crippen LogP contribution in [-0.2, 0) is 0 Å². The van der Waals surface area contributed by atoms with Gasteiger partial charge in [0.05, 0.1) is 0 Å². The van der Waals surface area contributed by atoms with Crippen molar-refractivity contribution >= 4 is 0 Å². The second kappa shape index (κ2) is 3.18. The second-order valence-corrected chi connectivity index (χ2v) is 2.82. The Morgan fingerprint density at radius 2 is 2.44 bits per heavy atom. The molecule has 1 unspecified atom stereocenters. The van der Waals surface area contributed by atoms with Crippen molar-refractivity contribution in [3.63, 3.8) is 0 Å². The molecule has 1 aliphatic heterocycles. The fraction of sp³-hybridized carbons (Fsp3) is 1.00. The third-order valence-electron chi connectivity index (χ3n) is 2.21. The summed E-state index contributed by atoms with van der Waals surface area (Å²) in [4.78, 5) is 2.31. The van der Waals surface area contributed by atoms with Crippen molar-refractivity contribution in [3.8, 4) is 0 Å². The van der Waals surface area contributed by atoms with Gasteiger partial charge in [-0.3, -0.25) is 4.90 Å². The van der Waals surface area contributed by atoms with E-state index in [1.165, 1.54) is 25.9 Å². The van der Waals surface area contributed by atoms with E-state index >= 15 is 0 Å². The molecule has 9 heavy (non-hydrogen) atoms. The van der Waals surface area contributed by atoms with Crippen molar-refractivity contribution in [3.05, 3.63) is 0 Å². The quantitative estimate of drug-likeness (QED) is 0.591. The zero-order valence-electron chi connectivity index (χ0n) is 6.14. The van der Waals surface area contributed by atoms with Gasteiger partial charge in [0.25, 0.3) is 0 Å². The summed E-state index contributed by atoms with van der Waals surface area (Å²) >= 11 is 0. The number of nitrogens with zero attached hydrogens (tertiary/aromatic N) is 1. The first-order valence-electron chi connectivity index (χ1n) is 3.79. The van der Waals surface area contributed by atoms with Gasteiger partial charge in [0.15, 0.2) is 0 Å². The average molecular weight is 128 g/mol. The molecular weight excluding hydrogens is 112 g/mol. The Morgan fingerprint density at radius 1 is 1.67 bits per heavy atom. The summed E-state index contributed by atoms with van der Waals surface area (Å²) in [6, 6.07) is 0. The van der Waals surface area contributed by atoms with Gasteiger partial charge in [-0.2, -0.15) is 0 Å². The number of nitrogens with two attached hydrogens (primary N) is 1. The van der Waals surface area contributed by atoms with Crippen molar-refractivity contribution in [2.45, 2.75) is 19.8 Å². The molecular formula is C7H16N2. The van der Waals surface area contributed by atoms with E-state index < -0.39 is 0 Å². The van der Waals surface area contributed by atoms with E-state index in [-0.39, 0.29) is 0 Å². The SMILES string of the molecule is CCC1CCN(CN)C1. The smallest absolute Gasteiger partial charge is 0.0455 e. The van der Waals surface area contributed by atoms with Gasteiger partial charge in [0, 0.05) is 13.2 Å². The van der Waals surface area contributed by atoms with Crippen LogP contribution in [0.15, 0.2) is 0 Å². The predicted octanol–water partition coefficient (Wildman–Crippen LogP) is 0.635. The molecule has 2 N–H and O–H groups in total. The topological polar surface area (TPSA) is 29.3 Å². The highest BCUT2D eigenvalue weighted by Crippen LogP contribution is 2.17. The molecule has 1 atom stereocenters. The second-order valence-electron chi connectivity index (χ2n) is 2.82. The summed E-state index contributed by atoms with van der Waals surface area (Å²) in [5, 5.41) is 0. The highest BCUT2D eigenvalue weighted by Gasteiger charge is 2.18. The first-order valence-corrected chi connectivity index (χ1v) is 3.79. The molecule has 0 aliphatic carbocycles. The van der Waals surface area contributed by atoms with Crippen molar-refractivity contribution in [2.75, 3.05) is 19.8 Å². The van der Waals surface area contributed by atoms with Crippen molar-refractivity contribution in [2.24, 2.45) is 11.7 Å². The molecule has 54 valence electrons. The minimum absolute atomic E-state index is 0.747. The van der Waals surface area contributed by atoms with E-state index in [1.807, 2.05) is 0 Å². The molecule has 1 rings (SSSR count). The molecule has 1 saturated heterocycles. The predicted molar refractivity (Wildman–Crippen MR) is 39.0 cm³/mol. The van der Waals surface area contributed by atoms with E-state index in [0.29, 0.717) is 0 Å². The minimum Gasteiger partial charge on any atom is -0.318 e. The summed E-state index contributed by atoms with van der Waals surface area (Å²) < 4.78 is 0. The third kappa shape index (κ3) is 1.66. The lowest BCUT2D eigenvalue weighted by molar-refractivity contribution is 0.332. The summed E-state index contributed by atoms with van der Waals surface area (Å²) in [6.07, 6.45) is 2.67. The van der Waals surface area contributed by atoms with Crippen LogP contribution in [0, 0.1) is 5.92 Å². The van der Waals surface area contributed by atoms with Gasteiger partial charge < -0.3 is 5.73 Å². The molecule has 2 heteroatoms. The van der Waals surface area contributed by atoms with Crippen LogP contribution in [0.3, 0.4) is 0 Å². The Morgan fingerprint density at radius 3 is 2.78 bits per heavy atom. The normalized spacial score (nSPS) is 29.3. The van der Waals surface area contributed by atoms with Gasteiger partial charge in [-0.1, -0.05) is 13.3 Å².